The molecule has 0 aromatic heterocycles. The Labute approximate surface area is 104 Å². The average molecular weight is 256 g/mol. The van der Waals surface area contributed by atoms with E-state index in [1.54, 1.807) is 17.8 Å². The van der Waals surface area contributed by atoms with Crippen molar-refractivity contribution < 1.29 is 4.92 Å². The first-order valence-corrected chi connectivity index (χ1v) is 6.01. The lowest BCUT2D eigenvalue weighted by molar-refractivity contribution is -0.383. The summed E-state index contributed by atoms with van der Waals surface area (Å²) in [6.07, 6.45) is 0. The van der Waals surface area contributed by atoms with Crippen LogP contribution >= 0.6 is 11.8 Å². The summed E-state index contributed by atoms with van der Waals surface area (Å²) in [5.74, 6) is 0.856. The highest BCUT2D eigenvalue weighted by Crippen LogP contribution is 2.33. The fraction of sp³-hybridized carbons (Fsp3) is 0.400. The summed E-state index contributed by atoms with van der Waals surface area (Å²) in [5.41, 5.74) is 11.8. The third kappa shape index (κ3) is 3.79. The molecule has 0 radical (unpaired) electrons. The van der Waals surface area contributed by atoms with Crippen molar-refractivity contribution in [2.24, 2.45) is 0 Å². The molecule has 1 aromatic carbocycles. The van der Waals surface area contributed by atoms with E-state index in [-0.39, 0.29) is 11.4 Å². The van der Waals surface area contributed by atoms with Crippen LogP contribution in [0.2, 0.25) is 0 Å². The number of nitro groups is 1. The van der Waals surface area contributed by atoms with Gasteiger partial charge in [-0.1, -0.05) is 0 Å². The lowest BCUT2D eigenvalue weighted by Gasteiger charge is -2.10. The van der Waals surface area contributed by atoms with Gasteiger partial charge >= 0.3 is 0 Å². The lowest BCUT2D eigenvalue weighted by atomic mass is 10.2. The molecule has 7 heteroatoms. The van der Waals surface area contributed by atoms with Crippen molar-refractivity contribution in [1.82, 2.24) is 4.90 Å². The molecule has 0 saturated carbocycles. The standard InChI is InChI=1S/C10H16N4O2S/c1-13(2)3-4-17-10-6-7(11)9(14(15)16)5-8(10)12/h5-6H,3-4,11-12H2,1-2H3. The number of nitrogens with two attached hydrogens (primary N) is 2. The average Bonchev–Trinajstić information content (AvgIpc) is 2.21. The third-order valence-corrected chi connectivity index (χ3v) is 3.20. The van der Waals surface area contributed by atoms with E-state index >= 15 is 0 Å². The van der Waals surface area contributed by atoms with Gasteiger partial charge in [-0.05, 0) is 20.2 Å². The maximum atomic E-state index is 10.6. The van der Waals surface area contributed by atoms with Crippen LogP contribution in [0.5, 0.6) is 0 Å². The van der Waals surface area contributed by atoms with Crippen LogP contribution in [0.1, 0.15) is 0 Å². The summed E-state index contributed by atoms with van der Waals surface area (Å²) in [6.45, 7) is 0.904. The van der Waals surface area contributed by atoms with Crippen molar-refractivity contribution in [1.29, 1.82) is 0 Å². The molecular weight excluding hydrogens is 240 g/mol. The summed E-state index contributed by atoms with van der Waals surface area (Å²) >= 11 is 1.54. The molecule has 0 unspecified atom stereocenters. The van der Waals surface area contributed by atoms with Gasteiger partial charge in [0.05, 0.1) is 10.6 Å². The van der Waals surface area contributed by atoms with Crippen molar-refractivity contribution in [3.05, 3.63) is 22.2 Å². The summed E-state index contributed by atoms with van der Waals surface area (Å²) in [4.78, 5) is 13.0. The first-order chi connectivity index (χ1) is 7.91. The molecule has 4 N–H and O–H groups in total. The molecule has 0 saturated heterocycles. The second kappa shape index (κ2) is 5.74. The van der Waals surface area contributed by atoms with E-state index in [4.69, 9.17) is 11.5 Å². The highest BCUT2D eigenvalue weighted by Gasteiger charge is 2.14. The maximum absolute atomic E-state index is 10.6. The molecule has 0 fully saturated rings. The van der Waals surface area contributed by atoms with Gasteiger partial charge < -0.3 is 16.4 Å². The van der Waals surface area contributed by atoms with Gasteiger partial charge in [0, 0.05) is 23.3 Å². The molecule has 94 valence electrons. The second-order valence-electron chi connectivity index (χ2n) is 3.86. The van der Waals surface area contributed by atoms with Crippen molar-refractivity contribution in [2.75, 3.05) is 37.9 Å². The van der Waals surface area contributed by atoms with E-state index in [9.17, 15) is 10.1 Å². The number of thioether (sulfide) groups is 1. The minimum Gasteiger partial charge on any atom is -0.398 e. The zero-order chi connectivity index (χ0) is 13.0. The molecule has 17 heavy (non-hydrogen) atoms. The van der Waals surface area contributed by atoms with E-state index < -0.39 is 4.92 Å². The van der Waals surface area contributed by atoms with Crippen LogP contribution in [-0.4, -0.2) is 36.2 Å². The van der Waals surface area contributed by atoms with E-state index in [1.807, 2.05) is 14.1 Å². The predicted molar refractivity (Wildman–Crippen MR) is 71.2 cm³/mol. The van der Waals surface area contributed by atoms with Gasteiger partial charge in [0.1, 0.15) is 5.69 Å². The van der Waals surface area contributed by atoms with Crippen LogP contribution in [0.25, 0.3) is 0 Å². The highest BCUT2D eigenvalue weighted by molar-refractivity contribution is 7.99. The number of anilines is 2. The van der Waals surface area contributed by atoms with E-state index in [1.165, 1.54) is 6.07 Å². The molecule has 0 aliphatic heterocycles. The topological polar surface area (TPSA) is 98.4 Å². The molecule has 1 aromatic rings. The molecular formula is C10H16N4O2S. The number of hydrogen-bond acceptors (Lipinski definition) is 6. The maximum Gasteiger partial charge on any atom is 0.294 e. The number of benzene rings is 1. The zero-order valence-corrected chi connectivity index (χ0v) is 10.7. The van der Waals surface area contributed by atoms with E-state index in [0.717, 1.165) is 17.2 Å². The monoisotopic (exact) mass is 256 g/mol. The van der Waals surface area contributed by atoms with Crippen molar-refractivity contribution in [3.63, 3.8) is 0 Å². The fourth-order valence-electron chi connectivity index (χ4n) is 1.22. The molecule has 6 nitrogen and oxygen atoms in total. The lowest BCUT2D eigenvalue weighted by Crippen LogP contribution is -2.14. The molecule has 0 bridgehead atoms. The molecule has 0 spiro atoms. The summed E-state index contributed by atoms with van der Waals surface area (Å²) < 4.78 is 0. The molecule has 0 heterocycles. The summed E-state index contributed by atoms with van der Waals surface area (Å²) in [7, 11) is 3.96. The number of nitro benzene ring substituents is 1. The molecule has 0 aliphatic rings. The molecule has 0 atom stereocenters. The van der Waals surface area contributed by atoms with Gasteiger partial charge in [-0.15, -0.1) is 11.8 Å². The molecule has 0 aliphatic carbocycles. The van der Waals surface area contributed by atoms with Crippen LogP contribution in [0, 0.1) is 10.1 Å². The first kappa shape index (κ1) is 13.6. The normalized spacial score (nSPS) is 10.8. The Morgan fingerprint density at radius 3 is 2.53 bits per heavy atom. The second-order valence-corrected chi connectivity index (χ2v) is 4.99. The molecule has 0 amide bonds. The largest absolute Gasteiger partial charge is 0.398 e. The minimum absolute atomic E-state index is 0.139. The van der Waals surface area contributed by atoms with Crippen LogP contribution in [0.3, 0.4) is 0 Å². The Balaban J connectivity index is 2.81. The Hall–Kier alpha value is -1.47. The number of hydrogen-bond donors (Lipinski definition) is 2. The smallest absolute Gasteiger partial charge is 0.294 e. The van der Waals surface area contributed by atoms with Crippen LogP contribution < -0.4 is 11.5 Å². The first-order valence-electron chi connectivity index (χ1n) is 5.02. The Kier molecular flexibility index (Phi) is 4.59. The van der Waals surface area contributed by atoms with Crippen LogP contribution in [0.15, 0.2) is 17.0 Å². The predicted octanol–water partition coefficient (Wildman–Crippen LogP) is 1.41. The SMILES string of the molecule is CN(C)CCSc1cc(N)c([N+](=O)[O-])cc1N. The molecule has 1 rings (SSSR count). The van der Waals surface area contributed by atoms with Crippen molar-refractivity contribution in [2.45, 2.75) is 4.90 Å². The van der Waals surface area contributed by atoms with Gasteiger partial charge in [-0.3, -0.25) is 10.1 Å². The van der Waals surface area contributed by atoms with Crippen LogP contribution in [-0.2, 0) is 0 Å². The van der Waals surface area contributed by atoms with E-state index in [2.05, 4.69) is 4.90 Å². The number of nitrogen functional groups attached to an aromatic ring is 2. The Morgan fingerprint density at radius 2 is 2.00 bits per heavy atom. The number of nitrogens with zero attached hydrogens (tertiary/aromatic N) is 2. The van der Waals surface area contributed by atoms with Gasteiger partial charge in [0.15, 0.2) is 0 Å². The Morgan fingerprint density at radius 1 is 1.35 bits per heavy atom. The third-order valence-electron chi connectivity index (χ3n) is 2.15. The minimum atomic E-state index is -0.528. The van der Waals surface area contributed by atoms with Gasteiger partial charge in [0.2, 0.25) is 0 Å². The zero-order valence-electron chi connectivity index (χ0n) is 9.84. The van der Waals surface area contributed by atoms with Gasteiger partial charge in [-0.2, -0.15) is 0 Å². The number of rotatable bonds is 5. The highest BCUT2D eigenvalue weighted by atomic mass is 32.2. The van der Waals surface area contributed by atoms with Crippen molar-refractivity contribution >= 4 is 28.8 Å². The fourth-order valence-corrected chi connectivity index (χ4v) is 2.33. The van der Waals surface area contributed by atoms with Gasteiger partial charge in [-0.25, -0.2) is 0 Å². The van der Waals surface area contributed by atoms with Crippen molar-refractivity contribution in [3.8, 4) is 0 Å². The Bertz CT molecular complexity index is 423. The van der Waals surface area contributed by atoms with Crippen LogP contribution in [0.4, 0.5) is 17.1 Å². The quantitative estimate of drug-likeness (QED) is 0.358. The van der Waals surface area contributed by atoms with E-state index in [0.29, 0.717) is 5.69 Å². The summed E-state index contributed by atoms with van der Waals surface area (Å²) in [5, 5.41) is 10.6. The van der Waals surface area contributed by atoms with Gasteiger partial charge in [0.25, 0.3) is 5.69 Å². The summed E-state index contributed by atoms with van der Waals surface area (Å²) in [6, 6.07) is 2.88.